The van der Waals surface area contributed by atoms with Crippen molar-refractivity contribution in [2.45, 2.75) is 0 Å². The van der Waals surface area contributed by atoms with Gasteiger partial charge in [0.1, 0.15) is 11.4 Å². The van der Waals surface area contributed by atoms with E-state index >= 15 is 0 Å². The number of halogens is 2. The Labute approximate surface area is 136 Å². The van der Waals surface area contributed by atoms with Gasteiger partial charge in [-0.1, -0.05) is 15.9 Å². The zero-order valence-electron chi connectivity index (χ0n) is 9.92. The van der Waals surface area contributed by atoms with E-state index in [0.717, 1.165) is 4.47 Å². The smallest absolute Gasteiger partial charge is 0.291 e. The topological polar surface area (TPSA) is 87.5 Å². The van der Waals surface area contributed by atoms with E-state index in [1.54, 1.807) is 12.1 Å². The van der Waals surface area contributed by atoms with E-state index in [2.05, 4.69) is 36.4 Å². The number of aromatic nitrogens is 2. The van der Waals surface area contributed by atoms with Gasteiger partial charge in [0.15, 0.2) is 0 Å². The molecule has 0 radical (unpaired) electrons. The summed E-state index contributed by atoms with van der Waals surface area (Å²) in [7, 11) is 0. The second kappa shape index (κ2) is 6.75. The maximum atomic E-state index is 11.7. The molecule has 0 aliphatic heterocycles. The molecule has 0 aliphatic carbocycles. The first-order valence-electron chi connectivity index (χ1n) is 5.35. The van der Waals surface area contributed by atoms with Gasteiger partial charge in [0.25, 0.3) is 5.91 Å². The zero-order chi connectivity index (χ0) is 14.5. The fraction of sp³-hybridized carbons (Fsp3) is 0. The molecule has 1 aromatic heterocycles. The quantitative estimate of drug-likeness (QED) is 0.430. The van der Waals surface area contributed by atoms with E-state index < -0.39 is 5.91 Å². The van der Waals surface area contributed by atoms with Crippen LogP contribution < -0.4 is 5.43 Å². The summed E-state index contributed by atoms with van der Waals surface area (Å²) in [6.07, 6.45) is 5.59. The van der Waals surface area contributed by atoms with Crippen LogP contribution in [0.5, 0.6) is 5.75 Å². The summed E-state index contributed by atoms with van der Waals surface area (Å²) < 4.78 is 1.49. The second-order valence-electron chi connectivity index (χ2n) is 3.62. The molecule has 1 amide bonds. The number of phenols is 1. The molecule has 6 nitrogen and oxygen atoms in total. The molecule has 0 atom stereocenters. The molecule has 1 heterocycles. The van der Waals surface area contributed by atoms with E-state index in [1.807, 2.05) is 22.6 Å². The molecule has 0 aliphatic rings. The van der Waals surface area contributed by atoms with Gasteiger partial charge in [-0.15, -0.1) is 0 Å². The number of nitrogens with zero attached hydrogens (tertiary/aromatic N) is 3. The Morgan fingerprint density at radius 3 is 2.95 bits per heavy atom. The highest BCUT2D eigenvalue weighted by atomic mass is 127. The Kier molecular flexibility index (Phi) is 5.01. The van der Waals surface area contributed by atoms with Crippen LogP contribution in [0.25, 0.3) is 0 Å². The summed E-state index contributed by atoms with van der Waals surface area (Å²) in [5.74, 6) is -0.371. The van der Waals surface area contributed by atoms with Crippen LogP contribution in [-0.4, -0.2) is 27.2 Å². The van der Waals surface area contributed by atoms with Gasteiger partial charge in [-0.3, -0.25) is 9.78 Å². The number of carbonyl (C=O) groups excluding carboxylic acids is 1. The molecule has 102 valence electrons. The summed E-state index contributed by atoms with van der Waals surface area (Å²) in [6.45, 7) is 0. The van der Waals surface area contributed by atoms with Gasteiger partial charge >= 0.3 is 0 Å². The molecule has 1 aromatic carbocycles. The standard InChI is InChI=1S/C12H8BrIN4O2/c13-8-3-7(11(19)9(14)4-8)5-17-18-12(20)10-6-15-1-2-16-10/h1-6,19H,(H,18,20)/b17-5-. The van der Waals surface area contributed by atoms with Crippen molar-refractivity contribution in [3.63, 3.8) is 0 Å². The lowest BCUT2D eigenvalue weighted by molar-refractivity contribution is 0.0949. The van der Waals surface area contributed by atoms with Crippen molar-refractivity contribution in [1.29, 1.82) is 0 Å². The Balaban J connectivity index is 2.10. The number of hydrogen-bond acceptors (Lipinski definition) is 5. The van der Waals surface area contributed by atoms with Crippen LogP contribution in [0.15, 0.2) is 40.3 Å². The van der Waals surface area contributed by atoms with Crippen LogP contribution in [0.2, 0.25) is 0 Å². The molecular weight excluding hydrogens is 439 g/mol. The third-order valence-electron chi connectivity index (χ3n) is 2.22. The molecule has 2 rings (SSSR count). The van der Waals surface area contributed by atoms with E-state index in [0.29, 0.717) is 9.13 Å². The van der Waals surface area contributed by atoms with Crippen LogP contribution in [0.3, 0.4) is 0 Å². The summed E-state index contributed by atoms with van der Waals surface area (Å²) >= 11 is 5.32. The molecule has 0 unspecified atom stereocenters. The predicted octanol–water partition coefficient (Wildman–Crippen LogP) is 2.31. The monoisotopic (exact) mass is 446 g/mol. The summed E-state index contributed by atoms with van der Waals surface area (Å²) in [5.41, 5.74) is 2.97. The lowest BCUT2D eigenvalue weighted by Crippen LogP contribution is -2.19. The minimum Gasteiger partial charge on any atom is -0.506 e. The van der Waals surface area contributed by atoms with Gasteiger partial charge in [0.05, 0.1) is 16.0 Å². The highest BCUT2D eigenvalue weighted by Gasteiger charge is 2.07. The van der Waals surface area contributed by atoms with Crippen molar-refractivity contribution >= 4 is 50.6 Å². The van der Waals surface area contributed by atoms with Crippen LogP contribution in [0.4, 0.5) is 0 Å². The molecular formula is C12H8BrIN4O2. The average molecular weight is 447 g/mol. The number of hydrogen-bond donors (Lipinski definition) is 2. The van der Waals surface area contributed by atoms with Gasteiger partial charge in [-0.2, -0.15) is 5.10 Å². The number of rotatable bonds is 3. The largest absolute Gasteiger partial charge is 0.506 e. The summed E-state index contributed by atoms with van der Waals surface area (Å²) in [6, 6.07) is 3.46. The molecule has 0 saturated heterocycles. The van der Waals surface area contributed by atoms with Crippen molar-refractivity contribution in [3.8, 4) is 5.75 Å². The molecule has 0 fully saturated rings. The molecule has 0 saturated carbocycles. The molecule has 8 heteroatoms. The van der Waals surface area contributed by atoms with Crippen LogP contribution >= 0.6 is 38.5 Å². The van der Waals surface area contributed by atoms with Crippen molar-refractivity contribution < 1.29 is 9.90 Å². The van der Waals surface area contributed by atoms with Gasteiger partial charge in [0.2, 0.25) is 0 Å². The SMILES string of the molecule is O=C(N/N=C\c1cc(Br)cc(I)c1O)c1cnccn1. The van der Waals surface area contributed by atoms with Crippen molar-refractivity contribution in [2.75, 3.05) is 0 Å². The summed E-state index contributed by atoms with van der Waals surface area (Å²) in [5, 5.41) is 13.6. The van der Waals surface area contributed by atoms with Crippen LogP contribution in [0.1, 0.15) is 16.1 Å². The average Bonchev–Trinajstić information content (AvgIpc) is 2.44. The van der Waals surface area contributed by atoms with Crippen LogP contribution in [0, 0.1) is 3.57 Å². The lowest BCUT2D eigenvalue weighted by atomic mass is 10.2. The van der Waals surface area contributed by atoms with E-state index in [4.69, 9.17) is 0 Å². The lowest BCUT2D eigenvalue weighted by Gasteiger charge is -2.03. The van der Waals surface area contributed by atoms with Crippen molar-refractivity contribution in [2.24, 2.45) is 5.10 Å². The number of benzene rings is 1. The maximum Gasteiger partial charge on any atom is 0.291 e. The highest BCUT2D eigenvalue weighted by Crippen LogP contribution is 2.27. The maximum absolute atomic E-state index is 11.7. The molecule has 0 spiro atoms. The van der Waals surface area contributed by atoms with E-state index in [1.165, 1.54) is 24.8 Å². The second-order valence-corrected chi connectivity index (χ2v) is 5.69. The number of aromatic hydroxyl groups is 1. The van der Waals surface area contributed by atoms with Gasteiger partial charge in [-0.05, 0) is 34.7 Å². The Morgan fingerprint density at radius 1 is 1.45 bits per heavy atom. The van der Waals surface area contributed by atoms with Gasteiger partial charge in [0, 0.05) is 22.4 Å². The first-order chi connectivity index (χ1) is 9.58. The normalized spacial score (nSPS) is 10.7. The number of nitrogens with one attached hydrogen (secondary N) is 1. The number of phenolic OH excluding ortho intramolecular Hbond substituents is 1. The molecule has 2 aromatic rings. The van der Waals surface area contributed by atoms with E-state index in [9.17, 15) is 9.90 Å². The number of amides is 1. The molecule has 20 heavy (non-hydrogen) atoms. The minimum atomic E-state index is -0.474. The highest BCUT2D eigenvalue weighted by molar-refractivity contribution is 14.1. The third kappa shape index (κ3) is 3.73. The fourth-order valence-corrected chi connectivity index (χ4v) is 2.87. The van der Waals surface area contributed by atoms with Crippen molar-refractivity contribution in [3.05, 3.63) is 50.0 Å². The Hall–Kier alpha value is -1.55. The Bertz CT molecular complexity index is 664. The molecule has 0 bridgehead atoms. The summed E-state index contributed by atoms with van der Waals surface area (Å²) in [4.78, 5) is 19.3. The number of hydrazone groups is 1. The predicted molar refractivity (Wildman–Crippen MR) is 85.6 cm³/mol. The first kappa shape index (κ1) is 14.9. The van der Waals surface area contributed by atoms with Gasteiger partial charge in [-0.25, -0.2) is 10.4 Å². The third-order valence-corrected chi connectivity index (χ3v) is 3.50. The minimum absolute atomic E-state index is 0.103. The number of carbonyl (C=O) groups is 1. The molecule has 2 N–H and O–H groups in total. The van der Waals surface area contributed by atoms with Crippen LogP contribution in [-0.2, 0) is 0 Å². The van der Waals surface area contributed by atoms with Gasteiger partial charge < -0.3 is 5.11 Å². The van der Waals surface area contributed by atoms with Crippen molar-refractivity contribution in [1.82, 2.24) is 15.4 Å². The fourth-order valence-electron chi connectivity index (χ4n) is 1.32. The zero-order valence-corrected chi connectivity index (χ0v) is 13.7. The Morgan fingerprint density at radius 2 is 2.25 bits per heavy atom. The first-order valence-corrected chi connectivity index (χ1v) is 7.22. The van der Waals surface area contributed by atoms with E-state index in [-0.39, 0.29) is 11.4 Å².